The normalized spacial score (nSPS) is 13.8. The number of anilines is 6. The quantitative estimate of drug-likeness (QED) is 0.00921. The van der Waals surface area contributed by atoms with E-state index in [0.717, 1.165) is 84.9 Å². The molecule has 0 fully saturated rings. The molecule has 131 heavy (non-hydrogen) atoms. The number of benzene rings is 8. The number of nitrogens with zero attached hydrogens (tertiary/aromatic N) is 5. The molecule has 9 aromatic rings. The van der Waals surface area contributed by atoms with Crippen LogP contribution in [-0.4, -0.2) is 99.4 Å². The van der Waals surface area contributed by atoms with Gasteiger partial charge in [0, 0.05) is 68.8 Å². The number of aryl methyl sites for hydroxylation is 2. The zero-order chi connectivity index (χ0) is 98.9. The summed E-state index contributed by atoms with van der Waals surface area (Å²) in [5, 5.41) is 47.7. The molecule has 0 saturated carbocycles. The number of ketones is 2. The molecule has 13 rings (SSSR count). The van der Waals surface area contributed by atoms with Gasteiger partial charge in [-0.25, -0.2) is 87.8 Å². The average molecular weight is 2240 g/mol. The van der Waals surface area contributed by atoms with Gasteiger partial charge in [-0.3, -0.25) is 44.0 Å². The number of nitrogens with one attached hydrogen (secondary N) is 4. The van der Waals surface area contributed by atoms with Crippen LogP contribution in [0, 0.1) is 80.6 Å². The molecule has 8 aromatic carbocycles. The van der Waals surface area contributed by atoms with Crippen LogP contribution in [-0.2, 0) is 39.2 Å². The molecule has 0 atom stereocenters. The number of carboxylic acid groups (broad SMARTS) is 1. The van der Waals surface area contributed by atoms with E-state index in [1.807, 2.05) is 13.8 Å². The zero-order valence-electron chi connectivity index (χ0n) is 69.0. The van der Waals surface area contributed by atoms with Crippen LogP contribution in [0.2, 0.25) is 0 Å². The van der Waals surface area contributed by atoms with Crippen LogP contribution >= 0.6 is 77.9 Å². The molecule has 11 N–H and O–H groups in total. The average Bonchev–Trinajstić information content (AvgIpc) is 1.64. The number of nitro groups is 2. The molecule has 4 aliphatic heterocycles. The Hall–Kier alpha value is -9.55. The van der Waals surface area contributed by atoms with Gasteiger partial charge in [0.1, 0.15) is 46.3 Å². The number of rotatable bonds is 10. The van der Waals surface area contributed by atoms with Gasteiger partial charge in [-0.05, 0) is 226 Å². The van der Waals surface area contributed by atoms with E-state index in [2.05, 4.69) is 79.3 Å². The standard InChI is InChI=1S/C13H13F3N4.C12H11BrF3NO.C12H12F3NO.C12H12F3NS.C7H4Br2F3N.C7H6F3N.C7H4FNO3.C7H6FNO2.C4H9NO2.2CH4.2ClH.Sn/c1-6-18-19-12-13(2,3)17-9-8(14)5-4-7(11(15)16)10(9)20(6)12;1-12(2)8(18)4-5-6(11(15)16)3-7(13)9(14)10(5)17-12;2*1-12(2)9(17)5-7-6(11(14)15)3-4-8(13)10(7)16-12;8-3-1-2(7(11)12)6(13)4(9)5(3)10;8-4-1-2-5(7(9)10)6(11)3-4;8-6-2-1-5(4-10)7(3-6)9(11)12;1-5-2-3-6(8)4-7(5)9(10)11;1-4(2,5)3(6)7;;;;;/h4-5,11,17H,1-3H3;3,11,17H,4H2,1-2H3;2*3-4,11,16H,5H2,1-2H3;1,7H,13H2;1-3,7H,11H2;1-4H;2-4H,1H3;5H2,1-2H3,(H,6,7);2*1H4;2*1H;/q;;;;;;;;;;;;;+2/p-2. The van der Waals surface area contributed by atoms with Crippen molar-refractivity contribution in [1.82, 2.24) is 14.8 Å². The molecule has 21 nitrogen and oxygen atoms in total. The Morgan fingerprint density at radius 2 is 0.893 bits per heavy atom. The molecule has 0 unspecified atom stereocenters. The predicted molar refractivity (Wildman–Crippen MR) is 476 cm³/mol. The van der Waals surface area contributed by atoms with Crippen LogP contribution in [0.25, 0.3) is 5.69 Å². The van der Waals surface area contributed by atoms with Crippen molar-refractivity contribution in [3.05, 3.63) is 256 Å². The van der Waals surface area contributed by atoms with Crippen LogP contribution in [0.3, 0.4) is 0 Å². The number of hydrogen-bond acceptors (Lipinski definition) is 18. The number of Topliss-reactive ketones (excluding diaryl/α,β-unsaturated/α-hetero) is 2. The molecule has 1 aromatic heterocycles. The molecule has 716 valence electrons. The molecule has 0 bridgehead atoms. The van der Waals surface area contributed by atoms with E-state index in [0.29, 0.717) is 34.4 Å². The number of nitrogens with two attached hydrogens (primary N) is 3. The number of halogens is 25. The number of hydrogen-bond donors (Lipinski definition) is 8. The third kappa shape index (κ3) is 31.0. The summed E-state index contributed by atoms with van der Waals surface area (Å²) in [7, 11) is 9.87. The number of carbonyl (C=O) groups excluding carboxylic acids is 3. The topological polar surface area (TPSA) is 332 Å². The second-order valence-electron chi connectivity index (χ2n) is 30.1. The summed E-state index contributed by atoms with van der Waals surface area (Å²) in [6.45, 7) is 19.7. The summed E-state index contributed by atoms with van der Waals surface area (Å²) in [4.78, 5) is 63.3. The van der Waals surface area contributed by atoms with Gasteiger partial charge < -0.3 is 43.6 Å². The number of aromatic nitrogens is 3. The van der Waals surface area contributed by atoms with Gasteiger partial charge in [0.15, 0.2) is 35.3 Å². The Morgan fingerprint density at radius 1 is 0.534 bits per heavy atom. The summed E-state index contributed by atoms with van der Waals surface area (Å²) >= 11 is 12.9. The van der Waals surface area contributed by atoms with Gasteiger partial charge in [-0.15, -0.1) is 10.2 Å². The number of nitro benzene ring substituents is 2. The van der Waals surface area contributed by atoms with Crippen LogP contribution in [0.1, 0.15) is 200 Å². The van der Waals surface area contributed by atoms with Crippen molar-refractivity contribution in [3.63, 3.8) is 0 Å². The van der Waals surface area contributed by atoms with Gasteiger partial charge in [0.25, 0.3) is 49.9 Å². The second kappa shape index (κ2) is 49.4. The van der Waals surface area contributed by atoms with Crippen molar-refractivity contribution in [2.75, 3.05) is 32.7 Å². The summed E-state index contributed by atoms with van der Waals surface area (Å²) in [6.07, 6.45) is -15.9. The number of alkyl halides is 12. The van der Waals surface area contributed by atoms with Crippen LogP contribution in [0.4, 0.5) is 133 Å². The minimum absolute atomic E-state index is 0. The van der Waals surface area contributed by atoms with Gasteiger partial charge in [-0.1, -0.05) is 39.2 Å². The van der Waals surface area contributed by atoms with Gasteiger partial charge >= 0.3 is 42.7 Å². The fraction of sp³-hybridized carbons (Fsp3) is 0.337. The molecular formula is C83H85Br3Cl2F20N12O9SSn. The summed E-state index contributed by atoms with van der Waals surface area (Å²) < 4.78 is 258. The van der Waals surface area contributed by atoms with Crippen molar-refractivity contribution in [3.8, 4) is 5.69 Å². The fourth-order valence-electron chi connectivity index (χ4n) is 11.4. The molecule has 0 amide bonds. The van der Waals surface area contributed by atoms with Crippen molar-refractivity contribution in [2.45, 2.75) is 183 Å². The monoisotopic (exact) mass is 2230 g/mol. The van der Waals surface area contributed by atoms with Crippen molar-refractivity contribution in [2.24, 2.45) is 5.73 Å². The molecule has 0 saturated heterocycles. The number of aliphatic carboxylic acids is 1. The predicted octanol–water partition coefficient (Wildman–Crippen LogP) is 26.0. The van der Waals surface area contributed by atoms with E-state index in [-0.39, 0.29) is 160 Å². The minimum atomic E-state index is -2.74. The number of aldehydes is 1. The SMILES string of the molecule is C.C.CC(C)(N)C(=O)O.CC1(C)Nc2c(F)c(Br)cc(C(F)F)c2CC1=O.CC1(C)Nc2c(F)ccc(C(F)F)c2CC1=O.CC1(C)Nc2c(F)ccc(C(F)F)c2CC1=S.Cc1ccc(F)cc1[N+](=O)[O-].Cc1nnc2n1-c1c(C(F)F)ccc(F)c1NC2(C)C.Nc1c(C(F)F)cc(Br)c(F)c1Br.Nc1cc(F)ccc1C(F)F.O=Cc1ccc(F)cc1[N+](=O)[O-].[Cl][Sn][Cl]. The first-order chi connectivity index (χ1) is 59.4. The summed E-state index contributed by atoms with van der Waals surface area (Å²) in [5.74, 6) is -5.44. The van der Waals surface area contributed by atoms with Crippen molar-refractivity contribution < 1.29 is 122 Å². The van der Waals surface area contributed by atoms with Crippen LogP contribution < -0.4 is 38.5 Å². The van der Waals surface area contributed by atoms with Crippen LogP contribution in [0.15, 0.2) is 117 Å². The van der Waals surface area contributed by atoms with E-state index >= 15 is 0 Å². The first kappa shape index (κ1) is 118. The summed E-state index contributed by atoms with van der Waals surface area (Å²) in [5.41, 5.74) is 9.45. The van der Waals surface area contributed by atoms with Gasteiger partial charge in [-0.2, -0.15) is 0 Å². The van der Waals surface area contributed by atoms with Crippen LogP contribution in [0.5, 0.6) is 0 Å². The maximum atomic E-state index is 14.0. The number of fused-ring (bicyclic) bond motifs is 6. The molecule has 4 aliphatic rings. The molecular weight excluding hydrogens is 2150 g/mol. The molecule has 0 aliphatic carbocycles. The Morgan fingerprint density at radius 3 is 1.31 bits per heavy atom. The first-order valence-corrected chi connectivity index (χ1v) is 46.5. The fourth-order valence-corrected chi connectivity index (χ4v) is 13.2. The van der Waals surface area contributed by atoms with Crippen molar-refractivity contribution >= 4 is 171 Å². The molecule has 48 heteroatoms. The Kier molecular flexibility index (Phi) is 44.3. The third-order valence-corrected chi connectivity index (χ3v) is 21.1. The Bertz CT molecular complexity index is 5550. The van der Waals surface area contributed by atoms with Gasteiger partial charge in [0.2, 0.25) is 0 Å². The van der Waals surface area contributed by atoms with E-state index in [1.54, 1.807) is 55.4 Å². The molecule has 5 heterocycles. The third-order valence-electron chi connectivity index (χ3n) is 18.5. The van der Waals surface area contributed by atoms with E-state index < -0.39 is 153 Å². The zero-order valence-corrected chi connectivity index (χ0v) is 79.0. The number of thiocarbonyl (C=S) groups is 1. The molecule has 2 radical (unpaired) electrons. The molecule has 0 spiro atoms. The van der Waals surface area contributed by atoms with Gasteiger partial charge in [0.05, 0.1) is 97.2 Å². The maximum absolute atomic E-state index is 14.0. The number of carbonyl (C=O) groups is 4. The van der Waals surface area contributed by atoms with E-state index in [9.17, 15) is 127 Å². The van der Waals surface area contributed by atoms with E-state index in [1.165, 1.54) is 30.5 Å². The van der Waals surface area contributed by atoms with E-state index in [4.69, 9.17) is 52.4 Å². The Balaban J connectivity index is 0.000000502. The number of carboxylic acids is 1. The Labute approximate surface area is 785 Å². The second-order valence-corrected chi connectivity index (χ2v) is 37.3. The number of nitrogen functional groups attached to an aromatic ring is 2. The van der Waals surface area contributed by atoms with Crippen molar-refractivity contribution in [1.29, 1.82) is 0 Å². The first-order valence-electron chi connectivity index (χ1n) is 36.5. The summed E-state index contributed by atoms with van der Waals surface area (Å²) in [6, 6.07) is 17.5.